The molecule has 3 nitrogen and oxygen atoms in total. The summed E-state index contributed by atoms with van der Waals surface area (Å²) in [5, 5.41) is 1.44. The summed E-state index contributed by atoms with van der Waals surface area (Å²) in [5.41, 5.74) is -1.44. The van der Waals surface area contributed by atoms with E-state index < -0.39 is 34.9 Å². The van der Waals surface area contributed by atoms with E-state index in [4.69, 9.17) is 23.2 Å². The van der Waals surface area contributed by atoms with Gasteiger partial charge >= 0.3 is 0 Å². The zero-order chi connectivity index (χ0) is 15.7. The second-order valence-corrected chi connectivity index (χ2v) is 4.57. The van der Waals surface area contributed by atoms with Gasteiger partial charge in [-0.1, -0.05) is 23.2 Å². The number of anilines is 1. The van der Waals surface area contributed by atoms with Crippen molar-refractivity contribution in [2.24, 2.45) is 0 Å². The fourth-order valence-corrected chi connectivity index (χ4v) is 1.93. The fourth-order valence-electron chi connectivity index (χ4n) is 1.46. The zero-order valence-electron chi connectivity index (χ0n) is 9.86. The van der Waals surface area contributed by atoms with Crippen molar-refractivity contribution < 1.29 is 22.4 Å². The first-order chi connectivity index (χ1) is 9.79. The van der Waals surface area contributed by atoms with E-state index in [0.717, 1.165) is 12.1 Å². The molecule has 0 saturated carbocycles. The van der Waals surface area contributed by atoms with Crippen LogP contribution in [0, 0.1) is 23.3 Å². The van der Waals surface area contributed by atoms with Crippen molar-refractivity contribution in [1.82, 2.24) is 4.98 Å². The van der Waals surface area contributed by atoms with Crippen LogP contribution in [0.5, 0.6) is 0 Å². The first-order valence-electron chi connectivity index (χ1n) is 5.27. The van der Waals surface area contributed by atoms with Crippen molar-refractivity contribution in [3.63, 3.8) is 0 Å². The van der Waals surface area contributed by atoms with Gasteiger partial charge in [-0.15, -0.1) is 0 Å². The van der Waals surface area contributed by atoms with Crippen LogP contribution in [0.25, 0.3) is 0 Å². The molecule has 1 N–H and O–H groups in total. The number of aromatic nitrogens is 1. The summed E-state index contributed by atoms with van der Waals surface area (Å²) in [6.45, 7) is 0. The second kappa shape index (κ2) is 5.87. The van der Waals surface area contributed by atoms with E-state index in [1.807, 2.05) is 0 Å². The van der Waals surface area contributed by atoms with E-state index in [1.165, 1.54) is 0 Å². The van der Waals surface area contributed by atoms with Gasteiger partial charge in [0.1, 0.15) is 16.0 Å². The van der Waals surface area contributed by atoms with Gasteiger partial charge in [-0.2, -0.15) is 0 Å². The minimum Gasteiger partial charge on any atom is -0.317 e. The molecule has 110 valence electrons. The molecule has 2 rings (SSSR count). The van der Waals surface area contributed by atoms with Crippen molar-refractivity contribution in [2.75, 3.05) is 5.32 Å². The molecule has 0 atom stereocenters. The van der Waals surface area contributed by atoms with Crippen molar-refractivity contribution in [3.05, 3.63) is 57.3 Å². The summed E-state index contributed by atoms with van der Waals surface area (Å²) in [6, 6.07) is 2.16. The molecular weight excluding hydrogens is 335 g/mol. The molecular formula is C12H4Cl2F4N2O. The molecule has 9 heteroatoms. The molecule has 0 spiro atoms. The van der Waals surface area contributed by atoms with Crippen LogP contribution in [0.15, 0.2) is 18.2 Å². The van der Waals surface area contributed by atoms with E-state index in [9.17, 15) is 22.4 Å². The Hall–Kier alpha value is -1.86. The Kier molecular flexibility index (Phi) is 4.34. The van der Waals surface area contributed by atoms with Crippen LogP contribution < -0.4 is 5.32 Å². The summed E-state index contributed by atoms with van der Waals surface area (Å²) < 4.78 is 52.9. The molecule has 0 fully saturated rings. The Bertz CT molecular complexity index is 693. The Balaban J connectivity index is 2.40. The van der Waals surface area contributed by atoms with Gasteiger partial charge in [-0.25, -0.2) is 22.5 Å². The summed E-state index contributed by atoms with van der Waals surface area (Å²) in [7, 11) is 0. The lowest BCUT2D eigenvalue weighted by Gasteiger charge is -2.09. The van der Waals surface area contributed by atoms with E-state index in [1.54, 1.807) is 5.32 Å². The zero-order valence-corrected chi connectivity index (χ0v) is 11.4. The van der Waals surface area contributed by atoms with Crippen LogP contribution >= 0.6 is 23.2 Å². The van der Waals surface area contributed by atoms with E-state index in [2.05, 4.69) is 4.98 Å². The number of halogens is 6. The van der Waals surface area contributed by atoms with Gasteiger partial charge in [-0.3, -0.25) is 4.79 Å². The minimum absolute atomic E-state index is 0.0283. The van der Waals surface area contributed by atoms with Crippen LogP contribution in [0.2, 0.25) is 10.3 Å². The number of hydrogen-bond acceptors (Lipinski definition) is 2. The smallest absolute Gasteiger partial charge is 0.256 e. The normalized spacial score (nSPS) is 10.6. The largest absolute Gasteiger partial charge is 0.317 e. The topological polar surface area (TPSA) is 42.0 Å². The number of benzene rings is 1. The summed E-state index contributed by atoms with van der Waals surface area (Å²) in [5.74, 6) is -7.81. The van der Waals surface area contributed by atoms with Crippen molar-refractivity contribution in [2.45, 2.75) is 0 Å². The maximum Gasteiger partial charge on any atom is 0.256 e. The maximum atomic E-state index is 13.4. The first-order valence-corrected chi connectivity index (χ1v) is 6.02. The lowest BCUT2D eigenvalue weighted by atomic mass is 10.2. The molecule has 0 aliphatic rings. The van der Waals surface area contributed by atoms with Crippen molar-refractivity contribution in [3.8, 4) is 0 Å². The van der Waals surface area contributed by atoms with Gasteiger partial charge in [0.25, 0.3) is 5.91 Å². The number of nitrogens with zero attached hydrogens (tertiary/aromatic N) is 1. The number of carbonyl (C=O) groups is 1. The lowest BCUT2D eigenvalue weighted by Crippen LogP contribution is -2.16. The molecule has 1 aromatic heterocycles. The van der Waals surface area contributed by atoms with Gasteiger partial charge in [0, 0.05) is 11.6 Å². The Labute approximate surface area is 125 Å². The number of hydrogen-bond donors (Lipinski definition) is 1. The third kappa shape index (κ3) is 3.25. The van der Waals surface area contributed by atoms with Gasteiger partial charge in [-0.05, 0) is 12.1 Å². The SMILES string of the molecule is O=C(Nc1c(F)c(F)cc(F)c1F)c1cc(Cl)nc(Cl)c1. The summed E-state index contributed by atoms with van der Waals surface area (Å²) in [6.07, 6.45) is 0. The monoisotopic (exact) mass is 338 g/mol. The molecule has 0 radical (unpaired) electrons. The van der Waals surface area contributed by atoms with Gasteiger partial charge in [0.2, 0.25) is 0 Å². The van der Waals surface area contributed by atoms with Gasteiger partial charge < -0.3 is 5.32 Å². The number of rotatable bonds is 2. The fraction of sp³-hybridized carbons (Fsp3) is 0. The number of carbonyl (C=O) groups excluding carboxylic acids is 1. The van der Waals surface area contributed by atoms with E-state index in [0.29, 0.717) is 0 Å². The average Bonchev–Trinajstić information content (AvgIpc) is 2.40. The first kappa shape index (κ1) is 15.5. The second-order valence-electron chi connectivity index (χ2n) is 3.80. The summed E-state index contributed by atoms with van der Waals surface area (Å²) >= 11 is 11.1. The number of pyridine rings is 1. The highest BCUT2D eigenvalue weighted by Gasteiger charge is 2.21. The highest BCUT2D eigenvalue weighted by Crippen LogP contribution is 2.25. The molecule has 21 heavy (non-hydrogen) atoms. The molecule has 0 aliphatic carbocycles. The van der Waals surface area contributed by atoms with Crippen LogP contribution in [-0.4, -0.2) is 10.9 Å². The van der Waals surface area contributed by atoms with Gasteiger partial charge in [0.05, 0.1) is 0 Å². The lowest BCUT2D eigenvalue weighted by molar-refractivity contribution is 0.102. The van der Waals surface area contributed by atoms with Crippen LogP contribution in [0.4, 0.5) is 23.2 Å². The Morgan fingerprint density at radius 1 is 0.952 bits per heavy atom. The predicted molar refractivity (Wildman–Crippen MR) is 68.5 cm³/mol. The van der Waals surface area contributed by atoms with Crippen LogP contribution in [0.3, 0.4) is 0 Å². The molecule has 0 unspecified atom stereocenters. The third-order valence-corrected chi connectivity index (χ3v) is 2.76. The Morgan fingerprint density at radius 3 is 1.90 bits per heavy atom. The van der Waals surface area contributed by atoms with Crippen molar-refractivity contribution in [1.29, 1.82) is 0 Å². The third-order valence-electron chi connectivity index (χ3n) is 2.38. The average molecular weight is 339 g/mol. The van der Waals surface area contributed by atoms with Crippen LogP contribution in [-0.2, 0) is 0 Å². The highest BCUT2D eigenvalue weighted by atomic mass is 35.5. The molecule has 1 amide bonds. The minimum atomic E-state index is -1.73. The predicted octanol–water partition coefficient (Wildman–Crippen LogP) is 4.20. The number of amides is 1. The Morgan fingerprint density at radius 2 is 1.43 bits per heavy atom. The highest BCUT2D eigenvalue weighted by molar-refractivity contribution is 6.33. The maximum absolute atomic E-state index is 13.4. The van der Waals surface area contributed by atoms with E-state index >= 15 is 0 Å². The van der Waals surface area contributed by atoms with Gasteiger partial charge in [0.15, 0.2) is 23.3 Å². The van der Waals surface area contributed by atoms with Crippen LogP contribution in [0.1, 0.15) is 10.4 Å². The molecule has 1 aromatic carbocycles. The quantitative estimate of drug-likeness (QED) is 0.506. The van der Waals surface area contributed by atoms with E-state index in [-0.39, 0.29) is 21.9 Å². The van der Waals surface area contributed by atoms with Crippen molar-refractivity contribution >= 4 is 34.8 Å². The molecule has 0 aliphatic heterocycles. The number of nitrogens with one attached hydrogen (secondary N) is 1. The standard InChI is InChI=1S/C12H4Cl2F4N2O/c13-7-1-4(2-8(14)19-7)12(21)20-11-9(17)5(15)3-6(16)10(11)18/h1-3H,(H,20,21). The molecule has 1 heterocycles. The summed E-state index contributed by atoms with van der Waals surface area (Å²) in [4.78, 5) is 15.4. The molecule has 0 bridgehead atoms. The molecule has 2 aromatic rings. The molecule has 0 saturated heterocycles.